The highest BCUT2D eigenvalue weighted by molar-refractivity contribution is 7.99. The van der Waals surface area contributed by atoms with Crippen LogP contribution in [0.1, 0.15) is 30.1 Å². The van der Waals surface area contributed by atoms with Gasteiger partial charge >= 0.3 is 0 Å². The van der Waals surface area contributed by atoms with Crippen LogP contribution in [0.5, 0.6) is 0 Å². The van der Waals surface area contributed by atoms with Crippen LogP contribution in [-0.2, 0) is 9.59 Å². The molecule has 2 aromatic rings. The molecule has 1 aliphatic rings. The second-order valence-electron chi connectivity index (χ2n) is 7.43. The molecule has 0 heterocycles. The summed E-state index contributed by atoms with van der Waals surface area (Å²) >= 11 is 19.4. The zero-order valence-electron chi connectivity index (χ0n) is 17.8. The van der Waals surface area contributed by atoms with Gasteiger partial charge in [-0.2, -0.15) is 11.8 Å². The molecule has 1 unspecified atom stereocenters. The molecule has 3 amide bonds. The molecule has 1 atom stereocenters. The van der Waals surface area contributed by atoms with E-state index in [1.807, 2.05) is 6.92 Å². The van der Waals surface area contributed by atoms with Gasteiger partial charge in [0.2, 0.25) is 11.8 Å². The van der Waals surface area contributed by atoms with Gasteiger partial charge in [0.05, 0.1) is 22.2 Å². The monoisotopic (exact) mass is 549 g/mol. The Morgan fingerprint density at radius 1 is 1.12 bits per heavy atom. The Hall–Kier alpha value is -2.07. The van der Waals surface area contributed by atoms with Gasteiger partial charge in [0.15, 0.2) is 5.82 Å². The largest absolute Gasteiger partial charge is 0.326 e. The molecular weight excluding hydrogens is 531 g/mol. The lowest BCUT2D eigenvalue weighted by atomic mass is 10.1. The predicted octanol–water partition coefficient (Wildman–Crippen LogP) is 6.08. The van der Waals surface area contributed by atoms with E-state index in [2.05, 4.69) is 16.0 Å². The molecule has 0 bridgehead atoms. The van der Waals surface area contributed by atoms with Gasteiger partial charge in [-0.25, -0.2) is 8.78 Å². The summed E-state index contributed by atoms with van der Waals surface area (Å²) < 4.78 is 27.9. The molecular formula is C22H20Cl3F2N3O3S. The van der Waals surface area contributed by atoms with Gasteiger partial charge in [0, 0.05) is 17.9 Å². The fourth-order valence-electron chi connectivity index (χ4n) is 2.97. The normalized spacial score (nSPS) is 16.0. The van der Waals surface area contributed by atoms with Gasteiger partial charge in [-0.1, -0.05) is 18.5 Å². The molecule has 0 saturated heterocycles. The Balaban J connectivity index is 1.74. The Labute approximate surface area is 214 Å². The number of benzene rings is 2. The van der Waals surface area contributed by atoms with Crippen LogP contribution in [0.25, 0.3) is 0 Å². The third-order valence-electron chi connectivity index (χ3n) is 4.90. The first-order valence-electron chi connectivity index (χ1n) is 10.2. The lowest BCUT2D eigenvalue weighted by Gasteiger charge is -2.13. The highest BCUT2D eigenvalue weighted by atomic mass is 35.5. The summed E-state index contributed by atoms with van der Waals surface area (Å²) in [5.41, 5.74) is -0.828. The SMILES string of the molecule is CCSCCC(=O)Nc1c(F)ccc(NC(=O)c2cc(NC(=O)C3CC3(Cl)Cl)ccc2Cl)c1F. The van der Waals surface area contributed by atoms with Crippen molar-refractivity contribution in [2.75, 3.05) is 27.5 Å². The van der Waals surface area contributed by atoms with Crippen LogP contribution in [-0.4, -0.2) is 33.6 Å². The van der Waals surface area contributed by atoms with Crippen LogP contribution in [0, 0.1) is 17.6 Å². The summed E-state index contributed by atoms with van der Waals surface area (Å²) in [6.45, 7) is 1.93. The van der Waals surface area contributed by atoms with Crippen molar-refractivity contribution < 1.29 is 23.2 Å². The lowest BCUT2D eigenvalue weighted by Crippen LogP contribution is -2.19. The Bertz CT molecular complexity index is 1130. The van der Waals surface area contributed by atoms with E-state index in [1.54, 1.807) is 0 Å². The highest BCUT2D eigenvalue weighted by Gasteiger charge is 2.56. The maximum absolute atomic E-state index is 14.9. The standard InChI is InChI=1S/C22H20Cl3F2N3O3S/c1-2-34-8-7-17(31)30-19-15(26)5-6-16(18(19)27)29-20(32)12-9-11(3-4-14(12)23)28-21(33)13-10-22(13,24)25/h3-6,9,13H,2,7-8,10H2,1H3,(H,28,33)(H,29,32)(H,30,31). The van der Waals surface area contributed by atoms with E-state index < -0.39 is 45.3 Å². The van der Waals surface area contributed by atoms with Crippen molar-refractivity contribution in [2.45, 2.75) is 24.1 Å². The van der Waals surface area contributed by atoms with Crippen LogP contribution in [0.3, 0.4) is 0 Å². The number of hydrogen-bond acceptors (Lipinski definition) is 4. The average Bonchev–Trinajstić information content (AvgIpc) is 3.43. The smallest absolute Gasteiger partial charge is 0.257 e. The number of carbonyl (C=O) groups is 3. The zero-order chi connectivity index (χ0) is 25.0. The number of amides is 3. The molecule has 2 aromatic carbocycles. The molecule has 0 aliphatic heterocycles. The van der Waals surface area contributed by atoms with E-state index in [9.17, 15) is 23.2 Å². The zero-order valence-corrected chi connectivity index (χ0v) is 20.9. The van der Waals surface area contributed by atoms with Gasteiger partial charge in [0.1, 0.15) is 15.8 Å². The van der Waals surface area contributed by atoms with Gasteiger partial charge in [-0.15, -0.1) is 23.2 Å². The first-order valence-corrected chi connectivity index (χ1v) is 12.5. The van der Waals surface area contributed by atoms with Gasteiger partial charge < -0.3 is 16.0 Å². The number of nitrogens with one attached hydrogen (secondary N) is 3. The van der Waals surface area contributed by atoms with Crippen molar-refractivity contribution in [2.24, 2.45) is 5.92 Å². The summed E-state index contributed by atoms with van der Waals surface area (Å²) in [5.74, 6) is -3.16. The average molecular weight is 551 g/mol. The number of rotatable bonds is 9. The third-order valence-corrected chi connectivity index (χ3v) is 6.97. The molecule has 0 aromatic heterocycles. The van der Waals surface area contributed by atoms with Crippen LogP contribution in [0.2, 0.25) is 5.02 Å². The summed E-state index contributed by atoms with van der Waals surface area (Å²) in [7, 11) is 0. The van der Waals surface area contributed by atoms with E-state index in [0.717, 1.165) is 17.9 Å². The molecule has 3 N–H and O–H groups in total. The molecule has 3 rings (SSSR count). The van der Waals surface area contributed by atoms with Crippen molar-refractivity contribution >= 4 is 81.3 Å². The fraction of sp³-hybridized carbons (Fsp3) is 0.318. The Morgan fingerprint density at radius 2 is 1.82 bits per heavy atom. The first kappa shape index (κ1) is 26.5. The Morgan fingerprint density at radius 3 is 2.47 bits per heavy atom. The maximum atomic E-state index is 14.9. The lowest BCUT2D eigenvalue weighted by molar-refractivity contribution is -0.117. The van der Waals surface area contributed by atoms with Crippen LogP contribution in [0.4, 0.5) is 25.8 Å². The van der Waals surface area contributed by atoms with E-state index in [1.165, 1.54) is 30.0 Å². The quantitative estimate of drug-likeness (QED) is 0.261. The van der Waals surface area contributed by atoms with Crippen molar-refractivity contribution in [3.05, 3.63) is 52.6 Å². The Kier molecular flexibility index (Phi) is 8.67. The van der Waals surface area contributed by atoms with Crippen LogP contribution >= 0.6 is 46.6 Å². The van der Waals surface area contributed by atoms with Crippen LogP contribution in [0.15, 0.2) is 30.3 Å². The van der Waals surface area contributed by atoms with E-state index in [-0.39, 0.29) is 28.4 Å². The molecule has 1 aliphatic carbocycles. The molecule has 6 nitrogen and oxygen atoms in total. The van der Waals surface area contributed by atoms with Crippen molar-refractivity contribution in [1.82, 2.24) is 0 Å². The number of anilines is 3. The first-order chi connectivity index (χ1) is 16.0. The molecule has 12 heteroatoms. The molecule has 34 heavy (non-hydrogen) atoms. The number of thioether (sulfide) groups is 1. The number of carbonyl (C=O) groups excluding carboxylic acids is 3. The molecule has 1 saturated carbocycles. The summed E-state index contributed by atoms with van der Waals surface area (Å²) in [6.07, 6.45) is 0.389. The highest BCUT2D eigenvalue weighted by Crippen LogP contribution is 2.53. The summed E-state index contributed by atoms with van der Waals surface area (Å²) in [6, 6.07) is 6.12. The van der Waals surface area contributed by atoms with Crippen molar-refractivity contribution in [3.63, 3.8) is 0 Å². The number of halogens is 5. The van der Waals surface area contributed by atoms with Gasteiger partial charge in [0.25, 0.3) is 5.91 Å². The molecule has 182 valence electrons. The second-order valence-corrected chi connectivity index (χ2v) is 10.8. The molecule has 0 spiro atoms. The topological polar surface area (TPSA) is 87.3 Å². The fourth-order valence-corrected chi connectivity index (χ4v) is 4.30. The van der Waals surface area contributed by atoms with Crippen molar-refractivity contribution in [1.29, 1.82) is 0 Å². The molecule has 0 radical (unpaired) electrons. The van der Waals surface area contributed by atoms with E-state index in [4.69, 9.17) is 34.8 Å². The predicted molar refractivity (Wildman–Crippen MR) is 133 cm³/mol. The summed E-state index contributed by atoms with van der Waals surface area (Å²) in [4.78, 5) is 37.0. The number of hydrogen-bond donors (Lipinski definition) is 3. The van der Waals surface area contributed by atoms with E-state index in [0.29, 0.717) is 12.2 Å². The maximum Gasteiger partial charge on any atom is 0.257 e. The minimum atomic E-state index is -1.14. The number of alkyl halides is 2. The van der Waals surface area contributed by atoms with Gasteiger partial charge in [-0.3, -0.25) is 14.4 Å². The van der Waals surface area contributed by atoms with E-state index >= 15 is 0 Å². The minimum Gasteiger partial charge on any atom is -0.326 e. The van der Waals surface area contributed by atoms with Crippen LogP contribution < -0.4 is 16.0 Å². The molecule has 1 fully saturated rings. The minimum absolute atomic E-state index is 0.0374. The van der Waals surface area contributed by atoms with Crippen molar-refractivity contribution in [3.8, 4) is 0 Å². The van der Waals surface area contributed by atoms with Gasteiger partial charge in [-0.05, 0) is 42.5 Å². The summed E-state index contributed by atoms with van der Waals surface area (Å²) in [5, 5.41) is 7.16. The third kappa shape index (κ3) is 6.53. The second kappa shape index (κ2) is 11.1.